The third-order valence-corrected chi connectivity index (χ3v) is 5.29. The number of hydrogen-bond acceptors (Lipinski definition) is 4. The molecule has 0 spiro atoms. The Labute approximate surface area is 178 Å². The molecule has 0 saturated heterocycles. The highest BCUT2D eigenvalue weighted by atomic mass is 19.1. The van der Waals surface area contributed by atoms with Crippen molar-refractivity contribution >= 4 is 16.9 Å². The van der Waals surface area contributed by atoms with Gasteiger partial charge in [-0.1, -0.05) is 24.3 Å². The number of carbonyl (C=O) groups excluding carboxylic acids is 1. The number of para-hydroxylation sites is 2. The molecule has 1 aliphatic rings. The van der Waals surface area contributed by atoms with E-state index in [4.69, 9.17) is 9.47 Å². The Morgan fingerprint density at radius 2 is 1.81 bits per heavy atom. The molecule has 0 saturated carbocycles. The van der Waals surface area contributed by atoms with Crippen LogP contribution in [-0.2, 0) is 6.54 Å². The van der Waals surface area contributed by atoms with Crippen molar-refractivity contribution in [1.82, 2.24) is 14.9 Å². The van der Waals surface area contributed by atoms with Crippen LogP contribution in [0.4, 0.5) is 4.39 Å². The van der Waals surface area contributed by atoms with Crippen molar-refractivity contribution in [3.05, 3.63) is 90.0 Å². The molecule has 1 atom stereocenters. The summed E-state index contributed by atoms with van der Waals surface area (Å²) in [5.74, 6) is 0.602. The predicted octanol–water partition coefficient (Wildman–Crippen LogP) is 4.12. The molecule has 0 fully saturated rings. The number of hydrogen-bond donors (Lipinski definition) is 1. The van der Waals surface area contributed by atoms with Crippen molar-refractivity contribution in [3.8, 4) is 11.5 Å². The van der Waals surface area contributed by atoms with E-state index in [2.05, 4.69) is 10.3 Å². The number of fused-ring (bicyclic) bond motifs is 2. The molecule has 7 heteroatoms. The van der Waals surface area contributed by atoms with Gasteiger partial charge in [-0.25, -0.2) is 9.37 Å². The molecule has 1 amide bonds. The maximum absolute atomic E-state index is 13.5. The Hall–Kier alpha value is -3.87. The van der Waals surface area contributed by atoms with Gasteiger partial charge < -0.3 is 19.4 Å². The van der Waals surface area contributed by atoms with Gasteiger partial charge in [-0.15, -0.1) is 0 Å². The van der Waals surface area contributed by atoms with E-state index in [-0.39, 0.29) is 17.8 Å². The van der Waals surface area contributed by atoms with Crippen molar-refractivity contribution in [2.75, 3.05) is 13.2 Å². The molecular formula is C24H20FN3O3. The molecule has 1 aliphatic heterocycles. The number of benzene rings is 3. The minimum Gasteiger partial charge on any atom is -0.486 e. The smallest absolute Gasteiger partial charge is 0.251 e. The second kappa shape index (κ2) is 8.10. The lowest BCUT2D eigenvalue weighted by atomic mass is 10.1. The quantitative estimate of drug-likeness (QED) is 0.531. The second-order valence-corrected chi connectivity index (χ2v) is 7.32. The molecular weight excluding hydrogens is 397 g/mol. The Kier molecular flexibility index (Phi) is 5.00. The normalized spacial score (nSPS) is 13.7. The second-order valence-electron chi connectivity index (χ2n) is 7.32. The van der Waals surface area contributed by atoms with E-state index in [9.17, 15) is 9.18 Å². The lowest BCUT2D eigenvalue weighted by Gasteiger charge is -2.22. The van der Waals surface area contributed by atoms with Gasteiger partial charge in [0.1, 0.15) is 19.0 Å². The molecule has 31 heavy (non-hydrogen) atoms. The lowest BCUT2D eigenvalue weighted by molar-refractivity contribution is 0.0931. The van der Waals surface area contributed by atoms with Crippen LogP contribution in [-0.4, -0.2) is 28.7 Å². The average Bonchev–Trinajstić information content (AvgIpc) is 3.21. The van der Waals surface area contributed by atoms with Crippen molar-refractivity contribution in [2.45, 2.75) is 12.6 Å². The van der Waals surface area contributed by atoms with E-state index in [0.29, 0.717) is 36.8 Å². The largest absolute Gasteiger partial charge is 0.486 e. The van der Waals surface area contributed by atoms with Gasteiger partial charge in [-0.05, 0) is 48.0 Å². The first-order valence-electron chi connectivity index (χ1n) is 10.0. The number of aromatic nitrogens is 2. The van der Waals surface area contributed by atoms with Crippen molar-refractivity contribution < 1.29 is 18.7 Å². The third kappa shape index (κ3) is 3.94. The van der Waals surface area contributed by atoms with Crippen LogP contribution >= 0.6 is 0 Å². The van der Waals surface area contributed by atoms with Gasteiger partial charge in [-0.2, -0.15) is 0 Å². The highest BCUT2D eigenvalue weighted by Gasteiger charge is 2.20. The highest BCUT2D eigenvalue weighted by Crippen LogP contribution is 2.31. The number of rotatable bonds is 5. The summed E-state index contributed by atoms with van der Waals surface area (Å²) in [4.78, 5) is 17.5. The van der Waals surface area contributed by atoms with Crippen LogP contribution in [0.15, 0.2) is 73.1 Å². The van der Waals surface area contributed by atoms with E-state index in [1.807, 2.05) is 28.8 Å². The van der Waals surface area contributed by atoms with Crippen molar-refractivity contribution in [2.24, 2.45) is 0 Å². The number of nitrogens with one attached hydrogen (secondary N) is 1. The first-order chi connectivity index (χ1) is 15.2. The monoisotopic (exact) mass is 417 g/mol. The summed E-state index contributed by atoms with van der Waals surface area (Å²) in [5.41, 5.74) is 3.10. The maximum atomic E-state index is 13.5. The summed E-state index contributed by atoms with van der Waals surface area (Å²) in [6.07, 6.45) is 1.75. The van der Waals surface area contributed by atoms with Gasteiger partial charge in [0.2, 0.25) is 0 Å². The Balaban J connectivity index is 1.44. The van der Waals surface area contributed by atoms with Crippen LogP contribution in [0.25, 0.3) is 11.0 Å². The minimum absolute atomic E-state index is 0.254. The van der Waals surface area contributed by atoms with Crippen LogP contribution in [0.5, 0.6) is 11.5 Å². The molecule has 1 N–H and O–H groups in total. The fourth-order valence-electron chi connectivity index (χ4n) is 3.71. The first kappa shape index (κ1) is 19.1. The van der Waals surface area contributed by atoms with E-state index in [1.165, 1.54) is 12.1 Å². The molecule has 6 nitrogen and oxygen atoms in total. The summed E-state index contributed by atoms with van der Waals surface area (Å²) >= 11 is 0. The third-order valence-electron chi connectivity index (χ3n) is 5.29. The van der Waals surface area contributed by atoms with E-state index in [0.717, 1.165) is 16.6 Å². The van der Waals surface area contributed by atoms with Gasteiger partial charge in [0.05, 0.1) is 23.4 Å². The van der Waals surface area contributed by atoms with E-state index in [1.54, 1.807) is 36.7 Å². The molecule has 0 aliphatic carbocycles. The molecule has 1 unspecified atom stereocenters. The highest BCUT2D eigenvalue weighted by molar-refractivity contribution is 5.95. The number of amides is 1. The van der Waals surface area contributed by atoms with Gasteiger partial charge in [0.15, 0.2) is 11.5 Å². The molecule has 2 heterocycles. The Morgan fingerprint density at radius 3 is 2.65 bits per heavy atom. The van der Waals surface area contributed by atoms with Crippen LogP contribution in [0.2, 0.25) is 0 Å². The topological polar surface area (TPSA) is 65.4 Å². The van der Waals surface area contributed by atoms with Gasteiger partial charge >= 0.3 is 0 Å². The van der Waals surface area contributed by atoms with Crippen LogP contribution < -0.4 is 14.8 Å². The summed E-state index contributed by atoms with van der Waals surface area (Å²) in [5, 5.41) is 3.07. The average molecular weight is 417 g/mol. The Bertz CT molecular complexity index is 1240. The SMILES string of the molecule is O=C(NC(Cn1cnc2ccccc21)c1ccc(F)cc1)c1ccc2c(c1)OCCO2. The van der Waals surface area contributed by atoms with Gasteiger partial charge in [0, 0.05) is 12.1 Å². The number of imidazole rings is 1. The van der Waals surface area contributed by atoms with E-state index >= 15 is 0 Å². The lowest BCUT2D eigenvalue weighted by Crippen LogP contribution is -2.31. The summed E-state index contributed by atoms with van der Waals surface area (Å²) < 4.78 is 26.6. The fraction of sp³-hybridized carbons (Fsp3) is 0.167. The number of carbonyl (C=O) groups is 1. The van der Waals surface area contributed by atoms with Gasteiger partial charge in [-0.3, -0.25) is 4.79 Å². The molecule has 5 rings (SSSR count). The van der Waals surface area contributed by atoms with Crippen molar-refractivity contribution in [3.63, 3.8) is 0 Å². The van der Waals surface area contributed by atoms with Crippen LogP contribution in [0.3, 0.4) is 0 Å². The molecule has 0 radical (unpaired) electrons. The van der Waals surface area contributed by atoms with Crippen LogP contribution in [0.1, 0.15) is 22.0 Å². The van der Waals surface area contributed by atoms with Crippen LogP contribution in [0, 0.1) is 5.82 Å². The molecule has 156 valence electrons. The van der Waals surface area contributed by atoms with Gasteiger partial charge in [0.25, 0.3) is 5.91 Å². The molecule has 1 aromatic heterocycles. The number of ether oxygens (including phenoxy) is 2. The Morgan fingerprint density at radius 1 is 1.03 bits per heavy atom. The first-order valence-corrected chi connectivity index (χ1v) is 10.0. The van der Waals surface area contributed by atoms with Crippen molar-refractivity contribution in [1.29, 1.82) is 0 Å². The standard InChI is InChI=1S/C24H20FN3O3/c25-18-8-5-16(6-9-18)20(14-28-15-26-19-3-1-2-4-21(19)28)27-24(29)17-7-10-22-23(13-17)31-12-11-30-22/h1-10,13,15,20H,11-12,14H2,(H,27,29). The molecule has 0 bridgehead atoms. The zero-order valence-corrected chi connectivity index (χ0v) is 16.6. The zero-order valence-electron chi connectivity index (χ0n) is 16.6. The predicted molar refractivity (Wildman–Crippen MR) is 114 cm³/mol. The summed E-state index contributed by atoms with van der Waals surface area (Å²) in [7, 11) is 0. The van der Waals surface area contributed by atoms with E-state index < -0.39 is 0 Å². The molecule has 3 aromatic carbocycles. The number of halogens is 1. The molecule has 4 aromatic rings. The minimum atomic E-state index is -0.390. The fourth-order valence-corrected chi connectivity index (χ4v) is 3.71. The maximum Gasteiger partial charge on any atom is 0.251 e. The zero-order chi connectivity index (χ0) is 21.2. The summed E-state index contributed by atoms with van der Waals surface area (Å²) in [6, 6.07) is 18.7. The summed E-state index contributed by atoms with van der Waals surface area (Å²) in [6.45, 7) is 1.39. The number of nitrogens with zero attached hydrogens (tertiary/aromatic N) is 2.